The van der Waals surface area contributed by atoms with Gasteiger partial charge in [0.15, 0.2) is 5.69 Å². The van der Waals surface area contributed by atoms with Crippen LogP contribution in [0.4, 0.5) is 5.69 Å². The topological polar surface area (TPSA) is 131 Å². The van der Waals surface area contributed by atoms with Gasteiger partial charge in [0.25, 0.3) is 5.91 Å². The molecule has 2 amide bonds. The number of carboxylic acid groups (broad SMARTS) is 1. The van der Waals surface area contributed by atoms with E-state index in [-0.39, 0.29) is 23.1 Å². The lowest BCUT2D eigenvalue weighted by Gasteiger charge is -2.14. The number of amides is 2. The van der Waals surface area contributed by atoms with Crippen molar-refractivity contribution in [3.05, 3.63) is 29.8 Å². The number of hydrogen-bond donors (Lipinski definition) is 3. The number of aromatic carboxylic acids is 1. The van der Waals surface area contributed by atoms with Gasteiger partial charge in [-0.1, -0.05) is 0 Å². The zero-order valence-corrected chi connectivity index (χ0v) is 15.1. The third kappa shape index (κ3) is 4.08. The molecular weight excluding hydrogens is 340 g/mol. The third-order valence-electron chi connectivity index (χ3n) is 3.61. The van der Waals surface area contributed by atoms with Crippen molar-refractivity contribution in [3.63, 3.8) is 0 Å². The summed E-state index contributed by atoms with van der Waals surface area (Å²) in [4.78, 5) is 36.0. The maximum absolute atomic E-state index is 12.5. The van der Waals surface area contributed by atoms with Gasteiger partial charge in [-0.15, -0.1) is 0 Å². The molecule has 2 aromatic rings. The van der Waals surface area contributed by atoms with Gasteiger partial charge in [-0.2, -0.15) is 10.2 Å². The molecule has 1 unspecified atom stereocenters. The van der Waals surface area contributed by atoms with Gasteiger partial charge in [0.2, 0.25) is 5.91 Å². The number of carbonyl (C=O) groups is 3. The van der Waals surface area contributed by atoms with Crippen LogP contribution in [0.1, 0.15) is 54.7 Å². The molecule has 10 nitrogen and oxygen atoms in total. The van der Waals surface area contributed by atoms with E-state index >= 15 is 0 Å². The molecule has 0 saturated heterocycles. The molecule has 0 radical (unpaired) electrons. The number of carboxylic acids is 1. The molecule has 0 aromatic carbocycles. The first-order valence-electron chi connectivity index (χ1n) is 8.20. The zero-order valence-electron chi connectivity index (χ0n) is 15.1. The van der Waals surface area contributed by atoms with Crippen molar-refractivity contribution in [2.24, 2.45) is 0 Å². The number of hydrogen-bond acceptors (Lipinski definition) is 5. The fraction of sp³-hybridized carbons (Fsp3) is 0.438. The molecule has 1 atom stereocenters. The fourth-order valence-electron chi connectivity index (χ4n) is 2.31. The van der Waals surface area contributed by atoms with Gasteiger partial charge in [0.1, 0.15) is 11.7 Å². The minimum absolute atomic E-state index is 0.0843. The van der Waals surface area contributed by atoms with Gasteiger partial charge in [-0.25, -0.2) is 9.48 Å². The van der Waals surface area contributed by atoms with Crippen molar-refractivity contribution >= 4 is 23.5 Å². The first-order chi connectivity index (χ1) is 12.2. The van der Waals surface area contributed by atoms with Gasteiger partial charge >= 0.3 is 5.97 Å². The van der Waals surface area contributed by atoms with E-state index in [4.69, 9.17) is 5.11 Å². The molecule has 0 aliphatic rings. The van der Waals surface area contributed by atoms with Crippen LogP contribution in [0.2, 0.25) is 0 Å². The van der Waals surface area contributed by atoms with Crippen LogP contribution in [0.5, 0.6) is 0 Å². The number of anilines is 1. The summed E-state index contributed by atoms with van der Waals surface area (Å²) in [6.45, 7) is 7.54. The highest BCUT2D eigenvalue weighted by Crippen LogP contribution is 2.17. The molecular formula is C16H22N6O4. The molecule has 3 N–H and O–H groups in total. The Hall–Kier alpha value is -3.17. The summed E-state index contributed by atoms with van der Waals surface area (Å²) >= 11 is 0. The molecule has 0 bridgehead atoms. The summed E-state index contributed by atoms with van der Waals surface area (Å²) in [7, 11) is 0. The Kier molecular flexibility index (Phi) is 5.75. The van der Waals surface area contributed by atoms with Crippen molar-refractivity contribution in [1.82, 2.24) is 24.9 Å². The molecule has 2 rings (SSSR count). The van der Waals surface area contributed by atoms with Crippen LogP contribution in [0.3, 0.4) is 0 Å². The van der Waals surface area contributed by atoms with E-state index in [0.29, 0.717) is 6.54 Å². The second kappa shape index (κ2) is 7.81. The molecule has 2 heterocycles. The molecule has 26 heavy (non-hydrogen) atoms. The van der Waals surface area contributed by atoms with Crippen LogP contribution in [-0.4, -0.2) is 48.5 Å². The SMILES string of the molecule is CCn1cc(NC(=O)C(C)n2nccc2C(=O)O)c(C(=O)NC(C)C)n1. The van der Waals surface area contributed by atoms with Gasteiger partial charge < -0.3 is 15.7 Å². The van der Waals surface area contributed by atoms with Crippen molar-refractivity contribution in [2.75, 3.05) is 5.32 Å². The predicted molar refractivity (Wildman–Crippen MR) is 93.0 cm³/mol. The fourth-order valence-corrected chi connectivity index (χ4v) is 2.31. The largest absolute Gasteiger partial charge is 0.477 e. The summed E-state index contributed by atoms with van der Waals surface area (Å²) in [6, 6.07) is 0.337. The van der Waals surface area contributed by atoms with Gasteiger partial charge in [0, 0.05) is 25.0 Å². The van der Waals surface area contributed by atoms with Crippen molar-refractivity contribution in [1.29, 1.82) is 0 Å². The Bertz CT molecular complexity index is 823. The maximum atomic E-state index is 12.5. The molecule has 2 aromatic heterocycles. The average Bonchev–Trinajstić information content (AvgIpc) is 3.20. The van der Waals surface area contributed by atoms with E-state index in [1.165, 1.54) is 23.9 Å². The lowest BCUT2D eigenvalue weighted by molar-refractivity contribution is -0.119. The number of nitrogens with one attached hydrogen (secondary N) is 2. The average molecular weight is 362 g/mol. The number of aromatic nitrogens is 4. The van der Waals surface area contributed by atoms with Gasteiger partial charge in [-0.3, -0.25) is 14.3 Å². The monoisotopic (exact) mass is 362 g/mol. The first-order valence-corrected chi connectivity index (χ1v) is 8.20. The number of nitrogens with zero attached hydrogens (tertiary/aromatic N) is 4. The second-order valence-electron chi connectivity index (χ2n) is 6.01. The predicted octanol–water partition coefficient (Wildman–Crippen LogP) is 1.14. The molecule has 0 aliphatic carbocycles. The van der Waals surface area contributed by atoms with E-state index in [1.54, 1.807) is 6.20 Å². The summed E-state index contributed by atoms with van der Waals surface area (Å²) < 4.78 is 2.64. The number of rotatable bonds is 7. The van der Waals surface area contributed by atoms with Crippen LogP contribution >= 0.6 is 0 Å². The Morgan fingerprint density at radius 1 is 1.27 bits per heavy atom. The number of aryl methyl sites for hydroxylation is 1. The standard InChI is InChI=1S/C16H22N6O4/c1-5-21-8-11(13(20-21)15(24)18-9(2)3)19-14(23)10(4)22-12(16(25)26)6-7-17-22/h6-10H,5H2,1-4H3,(H,18,24)(H,19,23)(H,25,26). The van der Waals surface area contributed by atoms with Crippen LogP contribution in [0.25, 0.3) is 0 Å². The quantitative estimate of drug-likeness (QED) is 0.677. The highest BCUT2D eigenvalue weighted by atomic mass is 16.4. The smallest absolute Gasteiger partial charge is 0.354 e. The van der Waals surface area contributed by atoms with Crippen LogP contribution < -0.4 is 10.6 Å². The molecule has 140 valence electrons. The highest BCUT2D eigenvalue weighted by molar-refractivity contribution is 6.03. The van der Waals surface area contributed by atoms with E-state index in [0.717, 1.165) is 4.68 Å². The third-order valence-corrected chi connectivity index (χ3v) is 3.61. The lowest BCUT2D eigenvalue weighted by atomic mass is 10.2. The normalized spacial score (nSPS) is 12.0. The minimum atomic E-state index is -1.18. The van der Waals surface area contributed by atoms with Crippen LogP contribution in [0, 0.1) is 0 Å². The molecule has 0 fully saturated rings. The van der Waals surface area contributed by atoms with Crippen molar-refractivity contribution in [2.45, 2.75) is 46.3 Å². The summed E-state index contributed by atoms with van der Waals surface area (Å²) in [5.41, 5.74) is 0.251. The highest BCUT2D eigenvalue weighted by Gasteiger charge is 2.24. The Morgan fingerprint density at radius 2 is 1.96 bits per heavy atom. The summed E-state index contributed by atoms with van der Waals surface area (Å²) in [5.74, 6) is -2.09. The van der Waals surface area contributed by atoms with E-state index < -0.39 is 23.8 Å². The lowest BCUT2D eigenvalue weighted by Crippen LogP contribution is -2.32. The van der Waals surface area contributed by atoms with Crippen LogP contribution in [-0.2, 0) is 11.3 Å². The summed E-state index contributed by atoms with van der Waals surface area (Å²) in [6.07, 6.45) is 2.87. The molecule has 0 spiro atoms. The molecule has 10 heteroatoms. The molecule has 0 aliphatic heterocycles. The maximum Gasteiger partial charge on any atom is 0.354 e. The Balaban J connectivity index is 2.25. The Labute approximate surface area is 150 Å². The van der Waals surface area contributed by atoms with E-state index in [9.17, 15) is 14.4 Å². The summed E-state index contributed by atoms with van der Waals surface area (Å²) in [5, 5.41) is 22.6. The van der Waals surface area contributed by atoms with Crippen molar-refractivity contribution < 1.29 is 19.5 Å². The van der Waals surface area contributed by atoms with Crippen molar-refractivity contribution in [3.8, 4) is 0 Å². The minimum Gasteiger partial charge on any atom is -0.477 e. The Morgan fingerprint density at radius 3 is 2.54 bits per heavy atom. The first kappa shape index (κ1) is 19.2. The van der Waals surface area contributed by atoms with E-state index in [1.807, 2.05) is 20.8 Å². The van der Waals surface area contributed by atoms with Gasteiger partial charge in [0.05, 0.1) is 5.69 Å². The second-order valence-corrected chi connectivity index (χ2v) is 6.01. The number of carbonyl (C=O) groups excluding carboxylic acids is 2. The molecule has 0 saturated carbocycles. The van der Waals surface area contributed by atoms with Crippen LogP contribution in [0.15, 0.2) is 18.5 Å². The van der Waals surface area contributed by atoms with Gasteiger partial charge in [-0.05, 0) is 33.8 Å². The zero-order chi connectivity index (χ0) is 19.4. The van der Waals surface area contributed by atoms with E-state index in [2.05, 4.69) is 20.8 Å².